The van der Waals surface area contributed by atoms with E-state index in [1.54, 1.807) is 6.92 Å². The van der Waals surface area contributed by atoms with E-state index in [0.29, 0.717) is 5.56 Å². The predicted octanol–water partition coefficient (Wildman–Crippen LogP) is 4.71. The number of halogens is 4. The van der Waals surface area contributed by atoms with Crippen LogP contribution in [0, 0.1) is 19.7 Å². The summed E-state index contributed by atoms with van der Waals surface area (Å²) in [5.74, 6) is -2.18. The zero-order chi connectivity index (χ0) is 22.9. The van der Waals surface area contributed by atoms with Gasteiger partial charge in [0.25, 0.3) is 11.7 Å². The molecule has 0 saturated heterocycles. The van der Waals surface area contributed by atoms with Gasteiger partial charge < -0.3 is 5.32 Å². The van der Waals surface area contributed by atoms with Gasteiger partial charge in [-0.25, -0.2) is 9.07 Å². The molecule has 0 spiro atoms. The molecule has 1 heterocycles. The van der Waals surface area contributed by atoms with E-state index in [-0.39, 0.29) is 22.6 Å². The van der Waals surface area contributed by atoms with Crippen LogP contribution in [0.15, 0.2) is 48.5 Å². The molecule has 1 aromatic heterocycles. The van der Waals surface area contributed by atoms with Crippen molar-refractivity contribution in [3.63, 3.8) is 0 Å². The van der Waals surface area contributed by atoms with Gasteiger partial charge >= 0.3 is 6.18 Å². The fraction of sp³-hybridized carbons (Fsp3) is 0.227. The van der Waals surface area contributed by atoms with Crippen molar-refractivity contribution < 1.29 is 27.2 Å². The van der Waals surface area contributed by atoms with Gasteiger partial charge in [0.15, 0.2) is 0 Å². The maximum absolute atomic E-state index is 13.1. The van der Waals surface area contributed by atoms with Crippen LogP contribution in [0.4, 0.5) is 17.6 Å². The van der Waals surface area contributed by atoms with Crippen molar-refractivity contribution in [3.05, 3.63) is 82.4 Å². The zero-order valence-electron chi connectivity index (χ0n) is 16.9. The lowest BCUT2D eigenvalue weighted by molar-refractivity contribution is -0.137. The molecule has 1 N–H and O–H groups in total. The van der Waals surface area contributed by atoms with Gasteiger partial charge in [0.05, 0.1) is 34.2 Å². The van der Waals surface area contributed by atoms with Crippen molar-refractivity contribution in [1.82, 2.24) is 15.1 Å². The highest BCUT2D eigenvalue weighted by Crippen LogP contribution is 2.31. The summed E-state index contributed by atoms with van der Waals surface area (Å²) in [4.78, 5) is 25.3. The number of ketones is 1. The molecule has 9 heteroatoms. The van der Waals surface area contributed by atoms with Crippen molar-refractivity contribution in [2.24, 2.45) is 0 Å². The van der Waals surface area contributed by atoms with Gasteiger partial charge in [0.2, 0.25) is 0 Å². The number of amides is 1. The number of benzene rings is 2. The third-order valence-corrected chi connectivity index (χ3v) is 4.86. The Kier molecular flexibility index (Phi) is 5.97. The number of aryl methyl sites for hydroxylation is 1. The van der Waals surface area contributed by atoms with Crippen LogP contribution in [0.2, 0.25) is 0 Å². The van der Waals surface area contributed by atoms with Gasteiger partial charge in [-0.05, 0) is 56.7 Å². The second-order valence-corrected chi connectivity index (χ2v) is 7.08. The van der Waals surface area contributed by atoms with E-state index >= 15 is 0 Å². The Hall–Kier alpha value is -3.49. The van der Waals surface area contributed by atoms with Crippen molar-refractivity contribution in [3.8, 4) is 5.69 Å². The first-order valence-electron chi connectivity index (χ1n) is 9.33. The van der Waals surface area contributed by atoms with Crippen LogP contribution in [0.5, 0.6) is 0 Å². The number of hydrogen-bond acceptors (Lipinski definition) is 3. The average Bonchev–Trinajstić information content (AvgIpc) is 3.01. The molecule has 31 heavy (non-hydrogen) atoms. The number of alkyl halides is 3. The van der Waals surface area contributed by atoms with E-state index in [1.807, 2.05) is 0 Å². The molecule has 2 aromatic carbocycles. The summed E-state index contributed by atoms with van der Waals surface area (Å²) in [6.45, 7) is 4.65. The molecule has 0 radical (unpaired) electrons. The topological polar surface area (TPSA) is 64.0 Å². The number of aromatic nitrogens is 2. The normalized spacial score (nSPS) is 12.5. The summed E-state index contributed by atoms with van der Waals surface area (Å²) in [5, 5.41) is 6.71. The number of nitrogens with zero attached hydrogens (tertiary/aromatic N) is 2. The number of rotatable bonds is 5. The lowest BCUT2D eigenvalue weighted by Gasteiger charge is -2.14. The van der Waals surface area contributed by atoms with E-state index in [2.05, 4.69) is 10.4 Å². The molecule has 0 aliphatic heterocycles. The number of carbonyl (C=O) groups excluding carboxylic acids is 2. The van der Waals surface area contributed by atoms with E-state index < -0.39 is 35.3 Å². The first-order chi connectivity index (χ1) is 14.5. The summed E-state index contributed by atoms with van der Waals surface area (Å²) >= 11 is 0. The molecule has 0 saturated carbocycles. The monoisotopic (exact) mass is 433 g/mol. The quantitative estimate of drug-likeness (QED) is 0.360. The Balaban J connectivity index is 1.87. The van der Waals surface area contributed by atoms with Crippen molar-refractivity contribution in [2.45, 2.75) is 33.0 Å². The second-order valence-electron chi connectivity index (χ2n) is 7.08. The molecular weight excluding hydrogens is 414 g/mol. The van der Waals surface area contributed by atoms with E-state index in [1.165, 1.54) is 54.9 Å². The molecule has 5 nitrogen and oxygen atoms in total. The van der Waals surface area contributed by atoms with Gasteiger partial charge in [-0.3, -0.25) is 9.59 Å². The van der Waals surface area contributed by atoms with Crippen molar-refractivity contribution in [2.75, 3.05) is 0 Å². The van der Waals surface area contributed by atoms with E-state index in [0.717, 1.165) is 12.1 Å². The van der Waals surface area contributed by atoms with Crippen LogP contribution in [-0.2, 0) is 11.0 Å². The SMILES string of the molecule is Cc1nn(-c2cccc(C(F)(F)F)c2)c(C)c1C(=O)C(=O)NC(C)c1ccc(F)cc1. The molecular formula is C22H19F4N3O2. The minimum absolute atomic E-state index is 0.0150. The van der Waals surface area contributed by atoms with Crippen LogP contribution in [0.3, 0.4) is 0 Å². The van der Waals surface area contributed by atoms with Gasteiger partial charge in [-0.2, -0.15) is 18.3 Å². The average molecular weight is 433 g/mol. The largest absolute Gasteiger partial charge is 0.416 e. The lowest BCUT2D eigenvalue weighted by Crippen LogP contribution is -2.33. The molecule has 0 aliphatic rings. The Morgan fingerprint density at radius 3 is 2.32 bits per heavy atom. The first kappa shape index (κ1) is 22.2. The molecule has 0 fully saturated rings. The fourth-order valence-electron chi connectivity index (χ4n) is 3.25. The van der Waals surface area contributed by atoms with E-state index in [9.17, 15) is 27.2 Å². The Labute approximate surface area is 175 Å². The van der Waals surface area contributed by atoms with Gasteiger partial charge in [-0.1, -0.05) is 18.2 Å². The second kappa shape index (κ2) is 8.33. The first-order valence-corrected chi connectivity index (χ1v) is 9.33. The van der Waals surface area contributed by atoms with Crippen LogP contribution >= 0.6 is 0 Å². The minimum Gasteiger partial charge on any atom is -0.343 e. The van der Waals surface area contributed by atoms with Crippen LogP contribution < -0.4 is 5.32 Å². The van der Waals surface area contributed by atoms with Crippen molar-refractivity contribution >= 4 is 11.7 Å². The highest BCUT2D eigenvalue weighted by molar-refractivity contribution is 6.43. The number of Topliss-reactive ketones (excluding diaryl/α,β-unsaturated/α-hetero) is 1. The number of carbonyl (C=O) groups is 2. The van der Waals surface area contributed by atoms with Crippen LogP contribution in [-0.4, -0.2) is 21.5 Å². The van der Waals surface area contributed by atoms with Gasteiger partial charge in [0.1, 0.15) is 5.82 Å². The minimum atomic E-state index is -4.53. The third-order valence-electron chi connectivity index (χ3n) is 4.86. The summed E-state index contributed by atoms with van der Waals surface area (Å²) in [7, 11) is 0. The zero-order valence-corrected chi connectivity index (χ0v) is 16.9. The maximum Gasteiger partial charge on any atom is 0.416 e. The van der Waals surface area contributed by atoms with Crippen LogP contribution in [0.25, 0.3) is 5.69 Å². The standard InChI is InChI=1S/C22H19F4N3O2/c1-12(15-7-9-17(23)10-8-15)27-21(31)20(30)19-13(2)28-29(14(19)3)18-6-4-5-16(11-18)22(24,25)26/h4-12H,1-3H3,(H,27,31). The molecule has 1 amide bonds. The molecule has 162 valence electrons. The molecule has 0 bridgehead atoms. The Bertz CT molecular complexity index is 1130. The fourth-order valence-corrected chi connectivity index (χ4v) is 3.25. The molecule has 0 aliphatic carbocycles. The molecule has 3 aromatic rings. The maximum atomic E-state index is 13.1. The predicted molar refractivity (Wildman–Crippen MR) is 105 cm³/mol. The van der Waals surface area contributed by atoms with E-state index in [4.69, 9.17) is 0 Å². The van der Waals surface area contributed by atoms with Gasteiger partial charge in [0, 0.05) is 0 Å². The Morgan fingerprint density at radius 1 is 1.06 bits per heavy atom. The molecule has 1 atom stereocenters. The third kappa shape index (κ3) is 4.65. The van der Waals surface area contributed by atoms with Gasteiger partial charge in [-0.15, -0.1) is 0 Å². The summed E-state index contributed by atoms with van der Waals surface area (Å²) in [6.07, 6.45) is -4.53. The summed E-state index contributed by atoms with van der Waals surface area (Å²) in [6, 6.07) is 9.44. The highest BCUT2D eigenvalue weighted by Gasteiger charge is 2.31. The molecule has 1 unspecified atom stereocenters. The summed E-state index contributed by atoms with van der Waals surface area (Å²) in [5.41, 5.74) is 0.346. The molecule has 3 rings (SSSR count). The highest BCUT2D eigenvalue weighted by atomic mass is 19.4. The Morgan fingerprint density at radius 2 is 1.71 bits per heavy atom. The van der Waals surface area contributed by atoms with Crippen molar-refractivity contribution in [1.29, 1.82) is 0 Å². The summed E-state index contributed by atoms with van der Waals surface area (Å²) < 4.78 is 53.4. The smallest absolute Gasteiger partial charge is 0.343 e. The lowest BCUT2D eigenvalue weighted by atomic mass is 10.1. The number of hydrogen-bond donors (Lipinski definition) is 1. The van der Waals surface area contributed by atoms with Crippen LogP contribution in [0.1, 0.15) is 45.8 Å². The number of nitrogens with one attached hydrogen (secondary N) is 1.